The molecule has 1 rings (SSSR count). The van der Waals surface area contributed by atoms with Crippen molar-refractivity contribution in [1.29, 1.82) is 0 Å². The standard InChI is InChI=1S/C16H30N4S2/c1-6-17-15(18-9-7-8-10-21-5)19-11-14-20-13(12-22-14)16(2,3)4/h12H,6-11H2,1-5H3,(H2,17,18,19). The van der Waals surface area contributed by atoms with Gasteiger partial charge in [0.15, 0.2) is 5.96 Å². The molecule has 0 amide bonds. The fraction of sp³-hybridized carbons (Fsp3) is 0.750. The average molecular weight is 343 g/mol. The van der Waals surface area contributed by atoms with E-state index in [2.05, 4.69) is 59.9 Å². The van der Waals surface area contributed by atoms with Crippen molar-refractivity contribution in [1.82, 2.24) is 15.6 Å². The third-order valence-corrected chi connectivity index (χ3v) is 4.64. The third kappa shape index (κ3) is 7.49. The average Bonchev–Trinajstić information content (AvgIpc) is 2.93. The Bertz CT molecular complexity index is 449. The molecular formula is C16H30N4S2. The van der Waals surface area contributed by atoms with Gasteiger partial charge in [0, 0.05) is 23.9 Å². The predicted octanol–water partition coefficient (Wildman–Crippen LogP) is 3.64. The van der Waals surface area contributed by atoms with Crippen molar-refractivity contribution in [2.24, 2.45) is 4.99 Å². The van der Waals surface area contributed by atoms with Gasteiger partial charge in [-0.05, 0) is 31.8 Å². The van der Waals surface area contributed by atoms with E-state index in [1.807, 2.05) is 11.8 Å². The minimum Gasteiger partial charge on any atom is -0.357 e. The van der Waals surface area contributed by atoms with E-state index < -0.39 is 0 Å². The lowest BCUT2D eigenvalue weighted by Crippen LogP contribution is -2.37. The number of aliphatic imine (C=N–C) groups is 1. The molecule has 1 aromatic heterocycles. The molecule has 4 nitrogen and oxygen atoms in total. The molecule has 2 N–H and O–H groups in total. The molecule has 0 aliphatic rings. The third-order valence-electron chi connectivity index (χ3n) is 3.10. The van der Waals surface area contributed by atoms with Gasteiger partial charge in [-0.1, -0.05) is 20.8 Å². The zero-order chi connectivity index (χ0) is 16.4. The molecule has 0 saturated carbocycles. The van der Waals surface area contributed by atoms with Crippen LogP contribution in [0.1, 0.15) is 51.2 Å². The fourth-order valence-electron chi connectivity index (χ4n) is 1.79. The molecule has 0 aromatic carbocycles. The highest BCUT2D eigenvalue weighted by atomic mass is 32.2. The zero-order valence-electron chi connectivity index (χ0n) is 14.5. The van der Waals surface area contributed by atoms with Gasteiger partial charge in [-0.15, -0.1) is 11.3 Å². The van der Waals surface area contributed by atoms with E-state index in [0.29, 0.717) is 6.54 Å². The number of nitrogens with one attached hydrogen (secondary N) is 2. The first-order chi connectivity index (χ1) is 10.5. The number of hydrogen-bond donors (Lipinski definition) is 2. The Kier molecular flexibility index (Phi) is 8.86. The van der Waals surface area contributed by atoms with Gasteiger partial charge in [-0.3, -0.25) is 0 Å². The maximum Gasteiger partial charge on any atom is 0.191 e. The van der Waals surface area contributed by atoms with Crippen LogP contribution in [0.4, 0.5) is 0 Å². The van der Waals surface area contributed by atoms with Crippen LogP contribution in [0.15, 0.2) is 10.4 Å². The van der Waals surface area contributed by atoms with Gasteiger partial charge in [-0.25, -0.2) is 9.98 Å². The van der Waals surface area contributed by atoms with E-state index in [1.54, 1.807) is 11.3 Å². The quantitative estimate of drug-likeness (QED) is 0.430. The zero-order valence-corrected chi connectivity index (χ0v) is 16.2. The second kappa shape index (κ2) is 10.1. The Morgan fingerprint density at radius 2 is 2.09 bits per heavy atom. The molecule has 0 saturated heterocycles. The minimum atomic E-state index is 0.110. The van der Waals surface area contributed by atoms with Crippen LogP contribution in [-0.4, -0.2) is 36.0 Å². The highest BCUT2D eigenvalue weighted by Gasteiger charge is 2.17. The molecule has 1 heterocycles. The SMILES string of the molecule is CCNC(=NCc1nc(C(C)(C)C)cs1)NCCCCSC. The van der Waals surface area contributed by atoms with Gasteiger partial charge in [0.1, 0.15) is 5.01 Å². The van der Waals surface area contributed by atoms with Gasteiger partial charge in [0.2, 0.25) is 0 Å². The second-order valence-corrected chi connectivity index (χ2v) is 8.13. The monoisotopic (exact) mass is 342 g/mol. The van der Waals surface area contributed by atoms with Crippen molar-refractivity contribution < 1.29 is 0 Å². The van der Waals surface area contributed by atoms with Crippen molar-refractivity contribution in [3.63, 3.8) is 0 Å². The first-order valence-corrected chi connectivity index (χ1v) is 10.2. The van der Waals surface area contributed by atoms with Gasteiger partial charge in [0.25, 0.3) is 0 Å². The maximum absolute atomic E-state index is 4.69. The van der Waals surface area contributed by atoms with Crippen LogP contribution in [0.3, 0.4) is 0 Å². The Hall–Kier alpha value is -0.750. The molecular weight excluding hydrogens is 312 g/mol. The second-order valence-electron chi connectivity index (χ2n) is 6.20. The van der Waals surface area contributed by atoms with E-state index in [0.717, 1.165) is 29.8 Å². The summed E-state index contributed by atoms with van der Waals surface area (Å²) in [5, 5.41) is 9.90. The van der Waals surface area contributed by atoms with Gasteiger partial charge < -0.3 is 10.6 Å². The lowest BCUT2D eigenvalue weighted by atomic mass is 9.93. The normalized spacial score (nSPS) is 12.5. The molecule has 0 atom stereocenters. The highest BCUT2D eigenvalue weighted by molar-refractivity contribution is 7.98. The minimum absolute atomic E-state index is 0.110. The number of aromatic nitrogens is 1. The fourth-order valence-corrected chi connectivity index (χ4v) is 3.23. The summed E-state index contributed by atoms with van der Waals surface area (Å²) in [4.78, 5) is 9.32. The van der Waals surface area contributed by atoms with Crippen LogP contribution in [0.5, 0.6) is 0 Å². The van der Waals surface area contributed by atoms with E-state index in [-0.39, 0.29) is 5.41 Å². The van der Waals surface area contributed by atoms with Crippen LogP contribution in [0.25, 0.3) is 0 Å². The number of rotatable bonds is 8. The van der Waals surface area contributed by atoms with Gasteiger partial charge in [-0.2, -0.15) is 11.8 Å². The molecule has 0 spiro atoms. The number of unbranched alkanes of at least 4 members (excludes halogenated alkanes) is 1. The lowest BCUT2D eigenvalue weighted by Gasteiger charge is -2.14. The first kappa shape index (κ1) is 19.3. The van der Waals surface area contributed by atoms with Crippen LogP contribution >= 0.6 is 23.1 Å². The van der Waals surface area contributed by atoms with Crippen molar-refractivity contribution in [2.45, 2.75) is 52.5 Å². The van der Waals surface area contributed by atoms with Crippen LogP contribution in [0.2, 0.25) is 0 Å². The largest absolute Gasteiger partial charge is 0.357 e. The molecule has 1 aromatic rings. The van der Waals surface area contributed by atoms with E-state index in [9.17, 15) is 0 Å². The molecule has 0 radical (unpaired) electrons. The van der Waals surface area contributed by atoms with Crippen LogP contribution in [-0.2, 0) is 12.0 Å². The summed E-state index contributed by atoms with van der Waals surface area (Å²) in [7, 11) is 0. The summed E-state index contributed by atoms with van der Waals surface area (Å²) in [5.74, 6) is 2.11. The topological polar surface area (TPSA) is 49.3 Å². The van der Waals surface area contributed by atoms with E-state index in [1.165, 1.54) is 18.6 Å². The smallest absolute Gasteiger partial charge is 0.191 e. The maximum atomic E-state index is 4.69. The Balaban J connectivity index is 2.49. The number of thioether (sulfide) groups is 1. The van der Waals surface area contributed by atoms with Crippen LogP contribution in [0, 0.1) is 0 Å². The summed E-state index contributed by atoms with van der Waals surface area (Å²) in [6, 6.07) is 0. The van der Waals surface area contributed by atoms with Gasteiger partial charge in [0.05, 0.1) is 12.2 Å². The summed E-state index contributed by atoms with van der Waals surface area (Å²) >= 11 is 3.60. The number of thiazole rings is 1. The summed E-state index contributed by atoms with van der Waals surface area (Å²) < 4.78 is 0. The Morgan fingerprint density at radius 3 is 2.68 bits per heavy atom. The molecule has 0 aliphatic carbocycles. The first-order valence-electron chi connectivity index (χ1n) is 7.93. The molecule has 0 fully saturated rings. The lowest BCUT2D eigenvalue weighted by molar-refractivity contribution is 0.571. The Labute approximate surface area is 143 Å². The molecule has 0 bridgehead atoms. The van der Waals surface area contributed by atoms with Crippen molar-refractivity contribution in [3.8, 4) is 0 Å². The van der Waals surface area contributed by atoms with Crippen LogP contribution < -0.4 is 10.6 Å². The predicted molar refractivity (Wildman–Crippen MR) is 101 cm³/mol. The van der Waals surface area contributed by atoms with E-state index >= 15 is 0 Å². The summed E-state index contributed by atoms with van der Waals surface area (Å²) in [6.45, 7) is 11.1. The Morgan fingerprint density at radius 1 is 1.32 bits per heavy atom. The number of hydrogen-bond acceptors (Lipinski definition) is 4. The summed E-state index contributed by atoms with van der Waals surface area (Å²) in [5.41, 5.74) is 1.26. The summed E-state index contributed by atoms with van der Waals surface area (Å²) in [6.07, 6.45) is 4.57. The highest BCUT2D eigenvalue weighted by Crippen LogP contribution is 2.24. The van der Waals surface area contributed by atoms with E-state index in [4.69, 9.17) is 0 Å². The molecule has 0 aliphatic heterocycles. The molecule has 22 heavy (non-hydrogen) atoms. The molecule has 126 valence electrons. The van der Waals surface area contributed by atoms with Crippen molar-refractivity contribution in [2.75, 3.05) is 25.1 Å². The van der Waals surface area contributed by atoms with Gasteiger partial charge >= 0.3 is 0 Å². The molecule has 0 unspecified atom stereocenters. The number of nitrogens with zero attached hydrogens (tertiary/aromatic N) is 2. The number of guanidine groups is 1. The van der Waals surface area contributed by atoms with Crippen molar-refractivity contribution >= 4 is 29.1 Å². The molecule has 6 heteroatoms. The van der Waals surface area contributed by atoms with Crippen molar-refractivity contribution in [3.05, 3.63) is 16.1 Å².